The van der Waals surface area contributed by atoms with Crippen molar-refractivity contribution in [3.05, 3.63) is 35.4 Å². The van der Waals surface area contributed by atoms with E-state index in [2.05, 4.69) is 0 Å². The summed E-state index contributed by atoms with van der Waals surface area (Å²) in [5.41, 5.74) is 7.68. The van der Waals surface area contributed by atoms with E-state index in [4.69, 9.17) is 5.73 Å². The molecule has 1 aliphatic rings. The Kier molecular flexibility index (Phi) is 3.99. The summed E-state index contributed by atoms with van der Waals surface area (Å²) >= 11 is 0. The van der Waals surface area contributed by atoms with Crippen LogP contribution in [0.25, 0.3) is 0 Å². The molecule has 1 amide bonds. The molecule has 1 fully saturated rings. The highest BCUT2D eigenvalue weighted by Crippen LogP contribution is 2.19. The predicted octanol–water partition coefficient (Wildman–Crippen LogP) is 0.978. The Hall–Kier alpha value is -1.39. The third-order valence-corrected chi connectivity index (χ3v) is 3.46. The molecule has 0 bridgehead atoms. The monoisotopic (exact) mass is 248 g/mol. The maximum absolute atomic E-state index is 12.1. The number of nitrogens with two attached hydrogens (primary N) is 1. The first-order valence-electron chi connectivity index (χ1n) is 6.38. The van der Waals surface area contributed by atoms with Crippen LogP contribution in [0.4, 0.5) is 0 Å². The standard InChI is InChI=1S/C14H20N2O2/c1-10-4-6-11(7-5-10)13(17)12(15)14(18)16-8-2-3-9-16/h4-7,12-13,17H,2-3,8-9,15H2,1H3. The van der Waals surface area contributed by atoms with Gasteiger partial charge in [-0.2, -0.15) is 0 Å². The van der Waals surface area contributed by atoms with Crippen LogP contribution in [0.15, 0.2) is 24.3 Å². The van der Waals surface area contributed by atoms with Crippen molar-refractivity contribution in [2.24, 2.45) is 5.73 Å². The summed E-state index contributed by atoms with van der Waals surface area (Å²) in [4.78, 5) is 13.8. The first-order valence-corrected chi connectivity index (χ1v) is 6.38. The average molecular weight is 248 g/mol. The first kappa shape index (κ1) is 13.1. The van der Waals surface area contributed by atoms with Gasteiger partial charge in [0.05, 0.1) is 0 Å². The van der Waals surface area contributed by atoms with Crippen LogP contribution in [0.3, 0.4) is 0 Å². The highest BCUT2D eigenvalue weighted by molar-refractivity contribution is 5.82. The number of amides is 1. The van der Waals surface area contributed by atoms with E-state index in [-0.39, 0.29) is 5.91 Å². The van der Waals surface area contributed by atoms with Crippen molar-refractivity contribution in [2.45, 2.75) is 31.9 Å². The van der Waals surface area contributed by atoms with Crippen molar-refractivity contribution in [2.75, 3.05) is 13.1 Å². The zero-order chi connectivity index (χ0) is 13.1. The lowest BCUT2D eigenvalue weighted by Crippen LogP contribution is -2.45. The minimum Gasteiger partial charge on any atom is -0.386 e. The van der Waals surface area contributed by atoms with Gasteiger partial charge in [0.1, 0.15) is 12.1 Å². The van der Waals surface area contributed by atoms with Crippen LogP contribution in [-0.4, -0.2) is 35.0 Å². The highest BCUT2D eigenvalue weighted by Gasteiger charge is 2.29. The molecule has 1 aliphatic heterocycles. The molecular weight excluding hydrogens is 228 g/mol. The van der Waals surface area contributed by atoms with Gasteiger partial charge in [-0.25, -0.2) is 0 Å². The number of hydrogen-bond donors (Lipinski definition) is 2. The van der Waals surface area contributed by atoms with Gasteiger partial charge >= 0.3 is 0 Å². The molecule has 2 atom stereocenters. The molecule has 1 aromatic carbocycles. The summed E-state index contributed by atoms with van der Waals surface area (Å²) in [5.74, 6) is -0.152. The molecule has 0 spiro atoms. The zero-order valence-corrected chi connectivity index (χ0v) is 10.7. The molecule has 0 saturated carbocycles. The number of aliphatic hydroxyl groups excluding tert-OH is 1. The summed E-state index contributed by atoms with van der Waals surface area (Å²) < 4.78 is 0. The smallest absolute Gasteiger partial charge is 0.242 e. The van der Waals surface area contributed by atoms with E-state index in [0.717, 1.165) is 31.5 Å². The molecule has 18 heavy (non-hydrogen) atoms. The third-order valence-electron chi connectivity index (χ3n) is 3.46. The van der Waals surface area contributed by atoms with Crippen LogP contribution < -0.4 is 5.73 Å². The fourth-order valence-electron chi connectivity index (χ4n) is 2.25. The molecule has 98 valence electrons. The van der Waals surface area contributed by atoms with E-state index in [1.165, 1.54) is 0 Å². The fourth-order valence-corrected chi connectivity index (χ4v) is 2.25. The van der Waals surface area contributed by atoms with E-state index >= 15 is 0 Å². The van der Waals surface area contributed by atoms with Gasteiger partial charge in [0, 0.05) is 13.1 Å². The Morgan fingerprint density at radius 3 is 2.39 bits per heavy atom. The second-order valence-electron chi connectivity index (χ2n) is 4.91. The maximum Gasteiger partial charge on any atom is 0.242 e. The molecule has 1 saturated heterocycles. The van der Waals surface area contributed by atoms with Gasteiger partial charge in [0.25, 0.3) is 0 Å². The Morgan fingerprint density at radius 1 is 1.28 bits per heavy atom. The first-order chi connectivity index (χ1) is 8.59. The average Bonchev–Trinajstić information content (AvgIpc) is 2.91. The Bertz CT molecular complexity index is 410. The molecule has 4 nitrogen and oxygen atoms in total. The largest absolute Gasteiger partial charge is 0.386 e. The lowest BCUT2D eigenvalue weighted by molar-refractivity contribution is -0.134. The van der Waals surface area contributed by atoms with Gasteiger partial charge in [-0.05, 0) is 25.3 Å². The number of hydrogen-bond acceptors (Lipinski definition) is 3. The molecule has 4 heteroatoms. The molecule has 0 radical (unpaired) electrons. The van der Waals surface area contributed by atoms with E-state index in [9.17, 15) is 9.90 Å². The second-order valence-corrected chi connectivity index (χ2v) is 4.91. The van der Waals surface area contributed by atoms with Crippen molar-refractivity contribution < 1.29 is 9.90 Å². The Labute approximate surface area is 107 Å². The van der Waals surface area contributed by atoms with E-state index in [1.54, 1.807) is 4.90 Å². The maximum atomic E-state index is 12.1. The van der Waals surface area contributed by atoms with Crippen LogP contribution in [0.1, 0.15) is 30.1 Å². The summed E-state index contributed by atoms with van der Waals surface area (Å²) in [7, 11) is 0. The highest BCUT2D eigenvalue weighted by atomic mass is 16.3. The Morgan fingerprint density at radius 2 is 1.83 bits per heavy atom. The molecule has 0 aromatic heterocycles. The van der Waals surface area contributed by atoms with Crippen LogP contribution in [0.5, 0.6) is 0 Å². The fraction of sp³-hybridized carbons (Fsp3) is 0.500. The molecule has 2 rings (SSSR count). The van der Waals surface area contributed by atoms with Gasteiger partial charge in [0.2, 0.25) is 5.91 Å². The summed E-state index contributed by atoms with van der Waals surface area (Å²) in [6.45, 7) is 3.49. The van der Waals surface area contributed by atoms with E-state index < -0.39 is 12.1 Å². The second kappa shape index (κ2) is 5.50. The summed E-state index contributed by atoms with van der Waals surface area (Å²) in [5, 5.41) is 10.1. The molecule has 1 aromatic rings. The van der Waals surface area contributed by atoms with Crippen molar-refractivity contribution in [3.63, 3.8) is 0 Å². The third kappa shape index (κ3) is 2.71. The number of carbonyl (C=O) groups excluding carboxylic acids is 1. The van der Waals surface area contributed by atoms with Crippen molar-refractivity contribution in [1.82, 2.24) is 4.90 Å². The van der Waals surface area contributed by atoms with Gasteiger partial charge in [0.15, 0.2) is 0 Å². The lowest BCUT2D eigenvalue weighted by Gasteiger charge is -2.24. The quantitative estimate of drug-likeness (QED) is 0.838. The number of aliphatic hydroxyl groups is 1. The lowest BCUT2D eigenvalue weighted by atomic mass is 10.0. The van der Waals surface area contributed by atoms with Crippen molar-refractivity contribution >= 4 is 5.91 Å². The van der Waals surface area contributed by atoms with Crippen molar-refractivity contribution in [3.8, 4) is 0 Å². The molecule has 1 heterocycles. The molecule has 0 aliphatic carbocycles. The summed E-state index contributed by atoms with van der Waals surface area (Å²) in [6.07, 6.45) is 1.12. The number of likely N-dealkylation sites (tertiary alicyclic amines) is 1. The van der Waals surface area contributed by atoms with Crippen LogP contribution >= 0.6 is 0 Å². The molecular formula is C14H20N2O2. The predicted molar refractivity (Wildman–Crippen MR) is 69.9 cm³/mol. The normalized spacial score (nSPS) is 18.7. The van der Waals surface area contributed by atoms with Gasteiger partial charge < -0.3 is 15.7 Å². The number of benzene rings is 1. The van der Waals surface area contributed by atoms with Crippen LogP contribution in [-0.2, 0) is 4.79 Å². The topological polar surface area (TPSA) is 66.6 Å². The van der Waals surface area contributed by atoms with Gasteiger partial charge in [-0.15, -0.1) is 0 Å². The van der Waals surface area contributed by atoms with Crippen molar-refractivity contribution in [1.29, 1.82) is 0 Å². The van der Waals surface area contributed by atoms with Gasteiger partial charge in [-0.1, -0.05) is 29.8 Å². The number of nitrogens with zero attached hydrogens (tertiary/aromatic N) is 1. The van der Waals surface area contributed by atoms with E-state index in [0.29, 0.717) is 5.56 Å². The Balaban J connectivity index is 2.05. The minimum absolute atomic E-state index is 0.152. The molecule has 2 unspecified atom stereocenters. The number of rotatable bonds is 3. The van der Waals surface area contributed by atoms with Crippen LogP contribution in [0, 0.1) is 6.92 Å². The SMILES string of the molecule is Cc1ccc(C(O)C(N)C(=O)N2CCCC2)cc1. The minimum atomic E-state index is -0.932. The van der Waals surface area contributed by atoms with Gasteiger partial charge in [-0.3, -0.25) is 4.79 Å². The summed E-state index contributed by atoms with van der Waals surface area (Å²) in [6, 6.07) is 6.58. The zero-order valence-electron chi connectivity index (χ0n) is 10.7. The molecule has 3 N–H and O–H groups in total. The number of carbonyl (C=O) groups is 1. The van der Waals surface area contributed by atoms with E-state index in [1.807, 2.05) is 31.2 Å². The number of aryl methyl sites for hydroxylation is 1. The van der Waals surface area contributed by atoms with Crippen LogP contribution in [0.2, 0.25) is 0 Å².